The molecule has 1 aromatic rings. The van der Waals surface area contributed by atoms with Gasteiger partial charge in [-0.15, -0.1) is 0 Å². The van der Waals surface area contributed by atoms with E-state index in [2.05, 4.69) is 4.31 Å². The topological polar surface area (TPSA) is 158 Å². The monoisotopic (exact) mass is 416 g/mol. The van der Waals surface area contributed by atoms with Gasteiger partial charge in [0, 0.05) is 0 Å². The average Bonchev–Trinajstić information content (AvgIpc) is 2.40. The van der Waals surface area contributed by atoms with Crippen LogP contribution in [0.5, 0.6) is 0 Å². The second-order valence-corrected chi connectivity index (χ2v) is 10.7. The lowest BCUT2D eigenvalue weighted by Gasteiger charge is -2.18. The highest BCUT2D eigenvalue weighted by molar-refractivity contribution is 7.86. The van der Waals surface area contributed by atoms with Crippen LogP contribution >= 0.6 is 15.4 Å². The second-order valence-electron chi connectivity index (χ2n) is 5.79. The van der Waals surface area contributed by atoms with Crippen molar-refractivity contribution >= 4 is 25.5 Å². The third kappa shape index (κ3) is 8.11. The van der Waals surface area contributed by atoms with Gasteiger partial charge in [0.25, 0.3) is 10.1 Å². The number of rotatable bonds is 9. The lowest BCUT2D eigenvalue weighted by molar-refractivity contribution is 0.263. The van der Waals surface area contributed by atoms with Crippen LogP contribution in [0, 0.1) is 0 Å². The van der Waals surface area contributed by atoms with Gasteiger partial charge in [-0.3, -0.25) is 9.12 Å². The molecular formula is C13H22O9P2S. The zero-order valence-electron chi connectivity index (χ0n) is 13.7. The van der Waals surface area contributed by atoms with Gasteiger partial charge in [-0.1, -0.05) is 38.1 Å². The van der Waals surface area contributed by atoms with Gasteiger partial charge < -0.3 is 14.7 Å². The van der Waals surface area contributed by atoms with E-state index in [0.717, 1.165) is 5.56 Å². The van der Waals surface area contributed by atoms with Crippen molar-refractivity contribution in [3.8, 4) is 0 Å². The summed E-state index contributed by atoms with van der Waals surface area (Å²) in [6.45, 7) is 3.45. The van der Waals surface area contributed by atoms with Crippen LogP contribution in [-0.4, -0.2) is 32.9 Å². The minimum absolute atomic E-state index is 0.187. The normalized spacial score (nSPS) is 17.7. The molecule has 0 radical (unpaired) electrons. The molecule has 0 amide bonds. The summed E-state index contributed by atoms with van der Waals surface area (Å²) in [5, 5.41) is -0.878. The fourth-order valence-corrected chi connectivity index (χ4v) is 5.59. The third-order valence-electron chi connectivity index (χ3n) is 3.66. The Morgan fingerprint density at radius 1 is 1.12 bits per heavy atom. The molecule has 3 atom stereocenters. The first-order valence-electron chi connectivity index (χ1n) is 7.37. The van der Waals surface area contributed by atoms with Gasteiger partial charge in [-0.25, -0.2) is 8.88 Å². The molecule has 0 spiro atoms. The van der Waals surface area contributed by atoms with Crippen LogP contribution in [0.4, 0.5) is 0 Å². The van der Waals surface area contributed by atoms with E-state index >= 15 is 0 Å². The van der Waals surface area contributed by atoms with E-state index in [4.69, 9.17) is 9.79 Å². The van der Waals surface area contributed by atoms with Crippen molar-refractivity contribution in [1.29, 1.82) is 0 Å². The van der Waals surface area contributed by atoms with Gasteiger partial charge >= 0.3 is 15.4 Å². The Morgan fingerprint density at radius 2 is 1.64 bits per heavy atom. The van der Waals surface area contributed by atoms with Crippen molar-refractivity contribution in [2.45, 2.75) is 44.0 Å². The van der Waals surface area contributed by atoms with Crippen LogP contribution < -0.4 is 0 Å². The smallest absolute Gasteiger partial charge is 0.324 e. The van der Waals surface area contributed by atoms with E-state index in [1.807, 2.05) is 0 Å². The first-order valence-corrected chi connectivity index (χ1v) is 12.2. The third-order valence-corrected chi connectivity index (χ3v) is 7.66. The van der Waals surface area contributed by atoms with Crippen LogP contribution in [0.25, 0.3) is 0 Å². The summed E-state index contributed by atoms with van der Waals surface area (Å²) < 4.78 is 57.9. The molecule has 0 aliphatic carbocycles. The molecule has 0 heterocycles. The molecule has 1 rings (SSSR count). The fourth-order valence-electron chi connectivity index (χ4n) is 2.41. The minimum atomic E-state index is -5.08. The van der Waals surface area contributed by atoms with Crippen molar-refractivity contribution in [3.05, 3.63) is 35.4 Å². The molecule has 3 unspecified atom stereocenters. The van der Waals surface area contributed by atoms with Crippen LogP contribution in [-0.2, 0) is 29.7 Å². The summed E-state index contributed by atoms with van der Waals surface area (Å²) in [6.07, 6.45) is -0.0848. The molecule has 0 bridgehead atoms. The summed E-state index contributed by atoms with van der Waals surface area (Å²) in [5.74, 6) is -0.187. The lowest BCUT2D eigenvalue weighted by atomic mass is 9.95. The second kappa shape index (κ2) is 8.41. The van der Waals surface area contributed by atoms with Gasteiger partial charge in [0.05, 0.1) is 11.4 Å². The maximum Gasteiger partial charge on any atom is 0.476 e. The molecule has 0 aliphatic rings. The van der Waals surface area contributed by atoms with E-state index in [1.54, 1.807) is 26.0 Å². The standard InChI is InChI=1S/C13H22O9P2S/c1-3-13(25(19,20)21)8-10(2)12-6-4-11(5-7-12)9-23(14,15)22-24(16,17)18/h4-7,10,13H,3,8-9H2,1-2H3,(H,14,15)(H2,16,17,18)(H,19,20,21). The number of hydrogen-bond donors (Lipinski definition) is 4. The summed E-state index contributed by atoms with van der Waals surface area (Å²) >= 11 is 0. The van der Waals surface area contributed by atoms with Crippen molar-refractivity contribution < 1.29 is 41.1 Å². The fraction of sp³-hybridized carbons (Fsp3) is 0.538. The first kappa shape index (κ1) is 22.5. The number of hydrogen-bond acceptors (Lipinski definition) is 5. The zero-order valence-corrected chi connectivity index (χ0v) is 16.3. The molecule has 0 saturated heterocycles. The van der Waals surface area contributed by atoms with Crippen LogP contribution in [0.1, 0.15) is 43.7 Å². The molecule has 0 fully saturated rings. The molecule has 0 aromatic heterocycles. The first-order chi connectivity index (χ1) is 11.2. The van der Waals surface area contributed by atoms with E-state index < -0.39 is 36.9 Å². The van der Waals surface area contributed by atoms with E-state index in [1.165, 1.54) is 12.1 Å². The predicted octanol–water partition coefficient (Wildman–Crippen LogP) is 2.64. The molecule has 0 aliphatic heterocycles. The highest BCUT2D eigenvalue weighted by atomic mass is 32.2. The molecule has 0 saturated carbocycles. The minimum Gasteiger partial charge on any atom is -0.324 e. The summed E-state index contributed by atoms with van der Waals surface area (Å²) in [5.41, 5.74) is 1.09. The molecule has 1 aromatic carbocycles. The quantitative estimate of drug-likeness (QED) is 0.351. The largest absolute Gasteiger partial charge is 0.476 e. The maximum absolute atomic E-state index is 11.7. The Morgan fingerprint density at radius 3 is 2.04 bits per heavy atom. The Kier molecular flexibility index (Phi) is 7.56. The molecular weight excluding hydrogens is 394 g/mol. The average molecular weight is 416 g/mol. The van der Waals surface area contributed by atoms with E-state index in [-0.39, 0.29) is 18.8 Å². The SMILES string of the molecule is CCC(CC(C)c1ccc(CP(=O)(O)OP(=O)(O)O)cc1)S(=O)(=O)O. The Labute approximate surface area is 146 Å². The number of benzene rings is 1. The predicted molar refractivity (Wildman–Crippen MR) is 91.8 cm³/mol. The van der Waals surface area contributed by atoms with Gasteiger partial charge in [-0.05, 0) is 29.9 Å². The summed E-state index contributed by atoms with van der Waals surface area (Å²) in [4.78, 5) is 26.7. The highest BCUT2D eigenvalue weighted by Crippen LogP contribution is 2.58. The van der Waals surface area contributed by atoms with Crippen molar-refractivity contribution in [1.82, 2.24) is 0 Å². The molecule has 144 valence electrons. The zero-order chi connectivity index (χ0) is 19.5. The van der Waals surface area contributed by atoms with Gasteiger partial charge in [0.15, 0.2) is 0 Å². The van der Waals surface area contributed by atoms with Crippen molar-refractivity contribution in [3.63, 3.8) is 0 Å². The van der Waals surface area contributed by atoms with Crippen LogP contribution in [0.2, 0.25) is 0 Å². The van der Waals surface area contributed by atoms with Gasteiger partial charge in [-0.2, -0.15) is 8.42 Å². The lowest BCUT2D eigenvalue weighted by Crippen LogP contribution is -2.21. The van der Waals surface area contributed by atoms with Crippen LogP contribution in [0.15, 0.2) is 24.3 Å². The molecule has 9 nitrogen and oxygen atoms in total. The Balaban J connectivity index is 2.82. The van der Waals surface area contributed by atoms with E-state index in [0.29, 0.717) is 5.56 Å². The molecule has 4 N–H and O–H groups in total. The van der Waals surface area contributed by atoms with Crippen LogP contribution in [0.3, 0.4) is 0 Å². The number of phosphoric acid groups is 1. The summed E-state index contributed by atoms with van der Waals surface area (Å²) in [6, 6.07) is 6.22. The van der Waals surface area contributed by atoms with Crippen molar-refractivity contribution in [2.75, 3.05) is 0 Å². The van der Waals surface area contributed by atoms with Gasteiger partial charge in [0.2, 0.25) is 0 Å². The highest BCUT2D eigenvalue weighted by Gasteiger charge is 2.31. The summed E-state index contributed by atoms with van der Waals surface area (Å²) in [7, 11) is -13.7. The molecule has 25 heavy (non-hydrogen) atoms. The Hall–Kier alpha value is -0.570. The molecule has 12 heteroatoms. The maximum atomic E-state index is 11.7. The van der Waals surface area contributed by atoms with Crippen molar-refractivity contribution in [2.24, 2.45) is 0 Å². The Bertz CT molecular complexity index is 769. The van der Waals surface area contributed by atoms with E-state index in [9.17, 15) is 27.0 Å². The van der Waals surface area contributed by atoms with Gasteiger partial charge in [0.1, 0.15) is 0 Å².